The van der Waals surface area contributed by atoms with Crippen LogP contribution < -0.4 is 9.46 Å². The lowest BCUT2D eigenvalue weighted by atomic mass is 10.2. The lowest BCUT2D eigenvalue weighted by Crippen LogP contribution is -2.39. The first kappa shape index (κ1) is 20.8. The van der Waals surface area contributed by atoms with Crippen LogP contribution in [0.5, 0.6) is 5.75 Å². The van der Waals surface area contributed by atoms with E-state index in [-0.39, 0.29) is 31.1 Å². The molecule has 10 heteroatoms. The van der Waals surface area contributed by atoms with Crippen LogP contribution in [0.4, 0.5) is 0 Å². The third kappa shape index (κ3) is 6.02. The number of hydrogen-bond donors (Lipinski definition) is 1. The number of benzene rings is 1. The van der Waals surface area contributed by atoms with Gasteiger partial charge in [-0.3, -0.25) is 0 Å². The Morgan fingerprint density at radius 2 is 1.79 bits per heavy atom. The molecule has 0 heterocycles. The van der Waals surface area contributed by atoms with E-state index in [4.69, 9.17) is 9.47 Å². The zero-order valence-corrected chi connectivity index (χ0v) is 15.9. The number of nitrogens with one attached hydrogen (secondary N) is 1. The first-order valence-electron chi connectivity index (χ1n) is 7.20. The fourth-order valence-corrected chi connectivity index (χ4v) is 3.98. The van der Waals surface area contributed by atoms with Gasteiger partial charge < -0.3 is 9.47 Å². The number of hydrogen-bond acceptors (Lipinski definition) is 6. The average molecular weight is 380 g/mol. The van der Waals surface area contributed by atoms with E-state index in [2.05, 4.69) is 4.72 Å². The molecule has 1 N–H and O–H groups in total. The van der Waals surface area contributed by atoms with Crippen LogP contribution in [-0.2, 0) is 24.8 Å². The molecule has 0 spiro atoms. The van der Waals surface area contributed by atoms with Gasteiger partial charge in [-0.2, -0.15) is 4.31 Å². The second kappa shape index (κ2) is 8.77. The summed E-state index contributed by atoms with van der Waals surface area (Å²) in [4.78, 5) is 0.101. The van der Waals surface area contributed by atoms with Gasteiger partial charge >= 0.3 is 0 Å². The van der Waals surface area contributed by atoms with Crippen molar-refractivity contribution in [3.05, 3.63) is 23.8 Å². The predicted octanol–water partition coefficient (Wildman–Crippen LogP) is 0.190. The Labute approximate surface area is 143 Å². The summed E-state index contributed by atoms with van der Waals surface area (Å²) in [6.45, 7) is 2.13. The number of methoxy groups -OCH3 is 2. The molecular formula is C14H24N2O6S2. The molecule has 1 aromatic carbocycles. The summed E-state index contributed by atoms with van der Waals surface area (Å²) in [6.07, 6.45) is 1.07. The molecule has 1 rings (SSSR count). The standard InChI is InChI=1S/C14H24N2O6S2/c1-12-11-13(5-6-14(12)22-3)24(19,20)15-7-8-16(9-10-21-2)23(4,17)18/h5-6,11,15H,7-10H2,1-4H3. The summed E-state index contributed by atoms with van der Waals surface area (Å²) in [5, 5.41) is 0. The molecule has 1 aromatic rings. The van der Waals surface area contributed by atoms with Gasteiger partial charge in [0.1, 0.15) is 5.75 Å². The summed E-state index contributed by atoms with van der Waals surface area (Å²) < 4.78 is 61.4. The van der Waals surface area contributed by atoms with Crippen molar-refractivity contribution < 1.29 is 26.3 Å². The third-order valence-electron chi connectivity index (χ3n) is 3.34. The van der Waals surface area contributed by atoms with Gasteiger partial charge in [0.05, 0.1) is 24.9 Å². The molecule has 0 unspecified atom stereocenters. The molecule has 24 heavy (non-hydrogen) atoms. The summed E-state index contributed by atoms with van der Waals surface area (Å²) >= 11 is 0. The summed E-state index contributed by atoms with van der Waals surface area (Å²) in [5.41, 5.74) is 0.693. The smallest absolute Gasteiger partial charge is 0.240 e. The van der Waals surface area contributed by atoms with Crippen LogP contribution in [0.2, 0.25) is 0 Å². The van der Waals surface area contributed by atoms with Crippen molar-refractivity contribution in [3.8, 4) is 5.75 Å². The van der Waals surface area contributed by atoms with Crippen LogP contribution in [-0.4, -0.2) is 67.9 Å². The lowest BCUT2D eigenvalue weighted by Gasteiger charge is -2.19. The number of sulfonamides is 2. The normalized spacial score (nSPS) is 12.5. The van der Waals surface area contributed by atoms with Crippen LogP contribution in [0, 0.1) is 6.92 Å². The van der Waals surface area contributed by atoms with Crippen LogP contribution in [0.15, 0.2) is 23.1 Å². The van der Waals surface area contributed by atoms with Gasteiger partial charge in [0.2, 0.25) is 20.0 Å². The number of ether oxygens (including phenoxy) is 2. The average Bonchev–Trinajstić information content (AvgIpc) is 2.49. The molecule has 0 radical (unpaired) electrons. The van der Waals surface area contributed by atoms with Crippen LogP contribution >= 0.6 is 0 Å². The number of rotatable bonds is 10. The zero-order chi connectivity index (χ0) is 18.4. The van der Waals surface area contributed by atoms with Gasteiger partial charge in [0, 0.05) is 26.7 Å². The molecule has 0 atom stereocenters. The fraction of sp³-hybridized carbons (Fsp3) is 0.571. The van der Waals surface area contributed by atoms with Gasteiger partial charge in [0.15, 0.2) is 0 Å². The first-order chi connectivity index (χ1) is 11.1. The Balaban J connectivity index is 2.75. The van der Waals surface area contributed by atoms with E-state index >= 15 is 0 Å². The highest BCUT2D eigenvalue weighted by molar-refractivity contribution is 7.89. The second-order valence-corrected chi connectivity index (χ2v) is 8.93. The highest BCUT2D eigenvalue weighted by Gasteiger charge is 2.19. The van der Waals surface area contributed by atoms with E-state index in [9.17, 15) is 16.8 Å². The maximum absolute atomic E-state index is 12.3. The largest absolute Gasteiger partial charge is 0.496 e. The van der Waals surface area contributed by atoms with E-state index in [0.717, 1.165) is 10.6 Å². The Morgan fingerprint density at radius 3 is 2.29 bits per heavy atom. The minimum Gasteiger partial charge on any atom is -0.496 e. The topological polar surface area (TPSA) is 102 Å². The minimum absolute atomic E-state index is 0.0244. The fourth-order valence-electron chi connectivity index (χ4n) is 2.04. The monoisotopic (exact) mass is 380 g/mol. The molecule has 0 aliphatic carbocycles. The van der Waals surface area contributed by atoms with Crippen molar-refractivity contribution in [1.82, 2.24) is 9.03 Å². The van der Waals surface area contributed by atoms with Crippen molar-refractivity contribution in [3.63, 3.8) is 0 Å². The van der Waals surface area contributed by atoms with Crippen molar-refractivity contribution in [2.75, 3.05) is 46.7 Å². The number of aryl methyl sites for hydroxylation is 1. The molecule has 0 aromatic heterocycles. The Hall–Kier alpha value is -1.20. The van der Waals surface area contributed by atoms with Gasteiger partial charge in [-0.1, -0.05) is 0 Å². The van der Waals surface area contributed by atoms with Gasteiger partial charge in [-0.15, -0.1) is 0 Å². The van der Waals surface area contributed by atoms with E-state index in [0.29, 0.717) is 11.3 Å². The highest BCUT2D eigenvalue weighted by atomic mass is 32.2. The molecular weight excluding hydrogens is 356 g/mol. The molecule has 8 nitrogen and oxygen atoms in total. The SMILES string of the molecule is COCCN(CCNS(=O)(=O)c1ccc(OC)c(C)c1)S(C)(=O)=O. The lowest BCUT2D eigenvalue weighted by molar-refractivity contribution is 0.179. The summed E-state index contributed by atoms with van der Waals surface area (Å²) in [6, 6.07) is 4.51. The Morgan fingerprint density at radius 1 is 1.12 bits per heavy atom. The van der Waals surface area contributed by atoms with E-state index in [1.54, 1.807) is 13.0 Å². The molecule has 138 valence electrons. The van der Waals surface area contributed by atoms with Crippen molar-refractivity contribution in [1.29, 1.82) is 0 Å². The van der Waals surface area contributed by atoms with Gasteiger partial charge in [-0.25, -0.2) is 21.6 Å². The minimum atomic E-state index is -3.73. The van der Waals surface area contributed by atoms with Crippen molar-refractivity contribution >= 4 is 20.0 Å². The van der Waals surface area contributed by atoms with Crippen LogP contribution in [0.3, 0.4) is 0 Å². The third-order valence-corrected chi connectivity index (χ3v) is 6.11. The molecule has 0 saturated heterocycles. The highest BCUT2D eigenvalue weighted by Crippen LogP contribution is 2.21. The van der Waals surface area contributed by atoms with E-state index in [1.807, 2.05) is 0 Å². The molecule has 0 aliphatic heterocycles. The maximum atomic E-state index is 12.3. The van der Waals surface area contributed by atoms with Gasteiger partial charge in [0.25, 0.3) is 0 Å². The maximum Gasteiger partial charge on any atom is 0.240 e. The van der Waals surface area contributed by atoms with Crippen LogP contribution in [0.25, 0.3) is 0 Å². The van der Waals surface area contributed by atoms with Crippen molar-refractivity contribution in [2.45, 2.75) is 11.8 Å². The van der Waals surface area contributed by atoms with Gasteiger partial charge in [-0.05, 0) is 30.7 Å². The van der Waals surface area contributed by atoms with E-state index < -0.39 is 20.0 Å². The Bertz CT molecular complexity index is 747. The Kier molecular flexibility index (Phi) is 7.61. The zero-order valence-electron chi connectivity index (χ0n) is 14.3. The summed E-state index contributed by atoms with van der Waals surface area (Å²) in [5.74, 6) is 0.594. The predicted molar refractivity (Wildman–Crippen MR) is 91.2 cm³/mol. The quantitative estimate of drug-likeness (QED) is 0.622. The van der Waals surface area contributed by atoms with Crippen LogP contribution in [0.1, 0.15) is 5.56 Å². The number of nitrogens with zero attached hydrogens (tertiary/aromatic N) is 1. The molecule has 0 amide bonds. The van der Waals surface area contributed by atoms with E-state index in [1.165, 1.54) is 26.4 Å². The molecule has 0 saturated carbocycles. The van der Waals surface area contributed by atoms with Crippen molar-refractivity contribution in [2.24, 2.45) is 0 Å². The first-order valence-corrected chi connectivity index (χ1v) is 10.5. The second-order valence-electron chi connectivity index (χ2n) is 5.18. The molecule has 0 aliphatic rings. The summed E-state index contributed by atoms with van der Waals surface area (Å²) in [7, 11) is -4.19. The molecule has 0 bridgehead atoms. The molecule has 0 fully saturated rings.